The molecular formula is C27H31N3O3. The van der Waals surface area contributed by atoms with E-state index in [-0.39, 0.29) is 6.01 Å². The van der Waals surface area contributed by atoms with Gasteiger partial charge in [0.1, 0.15) is 6.61 Å². The molecule has 0 amide bonds. The van der Waals surface area contributed by atoms with Crippen LogP contribution in [-0.2, 0) is 13.2 Å². The Hall–Kier alpha value is -3.12. The zero-order valence-electron chi connectivity index (χ0n) is 19.6. The number of aromatic nitrogens is 2. The van der Waals surface area contributed by atoms with E-state index in [1.807, 2.05) is 6.07 Å². The van der Waals surface area contributed by atoms with Gasteiger partial charge in [-0.05, 0) is 60.4 Å². The van der Waals surface area contributed by atoms with Crippen LogP contribution in [0.1, 0.15) is 36.0 Å². The molecule has 1 aliphatic carbocycles. The number of ether oxygens (including phenoxy) is 3. The lowest BCUT2D eigenvalue weighted by Crippen LogP contribution is -2.22. The normalized spacial score (nSPS) is 16.7. The van der Waals surface area contributed by atoms with Crippen LogP contribution >= 0.6 is 0 Å². The predicted molar refractivity (Wildman–Crippen MR) is 128 cm³/mol. The van der Waals surface area contributed by atoms with E-state index < -0.39 is 0 Å². The summed E-state index contributed by atoms with van der Waals surface area (Å²) in [6.07, 6.45) is 3.99. The van der Waals surface area contributed by atoms with E-state index >= 15 is 0 Å². The van der Waals surface area contributed by atoms with Gasteiger partial charge in [0, 0.05) is 13.1 Å². The SMILES string of the molecule is COc1nc(OCc2cccc(-c3ccccc3)c2C)nc(OC)c1CN1CCC2(CC2)C1. The maximum Gasteiger partial charge on any atom is 0.323 e. The molecule has 0 unspecified atom stereocenters. The highest BCUT2D eigenvalue weighted by atomic mass is 16.5. The van der Waals surface area contributed by atoms with Crippen molar-refractivity contribution in [1.82, 2.24) is 14.9 Å². The zero-order chi connectivity index (χ0) is 22.8. The Labute approximate surface area is 195 Å². The summed E-state index contributed by atoms with van der Waals surface area (Å²) in [5.41, 5.74) is 6.11. The van der Waals surface area contributed by atoms with Gasteiger partial charge in [0.25, 0.3) is 0 Å². The Bertz CT molecular complexity index is 1100. The summed E-state index contributed by atoms with van der Waals surface area (Å²) in [5, 5.41) is 0. The number of methoxy groups -OCH3 is 2. The molecule has 1 saturated carbocycles. The highest BCUT2D eigenvalue weighted by Crippen LogP contribution is 2.53. The Morgan fingerprint density at radius 3 is 2.27 bits per heavy atom. The van der Waals surface area contributed by atoms with Crippen LogP contribution < -0.4 is 14.2 Å². The first-order valence-corrected chi connectivity index (χ1v) is 11.6. The molecule has 0 N–H and O–H groups in total. The van der Waals surface area contributed by atoms with Gasteiger partial charge in [-0.25, -0.2) is 0 Å². The maximum atomic E-state index is 6.02. The third kappa shape index (κ3) is 4.53. The number of hydrogen-bond donors (Lipinski definition) is 0. The summed E-state index contributed by atoms with van der Waals surface area (Å²) in [5.74, 6) is 1.03. The average molecular weight is 446 g/mol. The standard InChI is InChI=1S/C27H31N3O3/c1-19-21(10-7-11-22(19)20-8-5-4-6-9-20)17-33-26-28-24(31-2)23(25(29-26)32-3)16-30-15-14-27(18-30)12-13-27/h4-11H,12-18H2,1-3H3. The van der Waals surface area contributed by atoms with Crippen molar-refractivity contribution < 1.29 is 14.2 Å². The number of likely N-dealkylation sites (tertiary alicyclic amines) is 1. The summed E-state index contributed by atoms with van der Waals surface area (Å²) >= 11 is 0. The van der Waals surface area contributed by atoms with E-state index in [1.54, 1.807) is 14.2 Å². The highest BCUT2D eigenvalue weighted by Gasteiger charge is 2.47. The molecule has 2 aromatic carbocycles. The molecule has 5 rings (SSSR count). The second kappa shape index (κ2) is 9.02. The Morgan fingerprint density at radius 2 is 1.64 bits per heavy atom. The smallest absolute Gasteiger partial charge is 0.323 e. The van der Waals surface area contributed by atoms with E-state index in [2.05, 4.69) is 64.3 Å². The molecule has 3 aromatic rings. The number of rotatable bonds is 8. The quantitative estimate of drug-likeness (QED) is 0.485. The lowest BCUT2D eigenvalue weighted by molar-refractivity contribution is 0.255. The predicted octanol–water partition coefficient (Wildman–Crippen LogP) is 5.03. The van der Waals surface area contributed by atoms with E-state index in [1.165, 1.54) is 36.0 Å². The topological polar surface area (TPSA) is 56.7 Å². The van der Waals surface area contributed by atoms with Gasteiger partial charge in [-0.2, -0.15) is 9.97 Å². The molecule has 6 nitrogen and oxygen atoms in total. The maximum absolute atomic E-state index is 6.02. The van der Waals surface area contributed by atoms with Crippen molar-refractivity contribution in [2.24, 2.45) is 5.41 Å². The molecule has 0 bridgehead atoms. The van der Waals surface area contributed by atoms with E-state index in [0.717, 1.165) is 30.8 Å². The molecule has 2 heterocycles. The van der Waals surface area contributed by atoms with Crippen LogP contribution in [0.2, 0.25) is 0 Å². The summed E-state index contributed by atoms with van der Waals surface area (Å²) in [4.78, 5) is 11.6. The molecule has 0 atom stereocenters. The van der Waals surface area contributed by atoms with Crippen molar-refractivity contribution in [3.63, 3.8) is 0 Å². The van der Waals surface area contributed by atoms with E-state index in [0.29, 0.717) is 23.8 Å². The van der Waals surface area contributed by atoms with Crippen LogP contribution in [0.25, 0.3) is 11.1 Å². The van der Waals surface area contributed by atoms with Crippen molar-refractivity contribution in [1.29, 1.82) is 0 Å². The molecule has 172 valence electrons. The third-order valence-corrected chi connectivity index (χ3v) is 7.04. The minimum absolute atomic E-state index is 0.261. The monoisotopic (exact) mass is 445 g/mol. The van der Waals surface area contributed by atoms with Crippen LogP contribution in [0.3, 0.4) is 0 Å². The van der Waals surface area contributed by atoms with Crippen molar-refractivity contribution in [3.05, 3.63) is 65.2 Å². The van der Waals surface area contributed by atoms with Gasteiger partial charge in [0.2, 0.25) is 11.8 Å². The fraction of sp³-hybridized carbons (Fsp3) is 0.407. The summed E-state index contributed by atoms with van der Waals surface area (Å²) < 4.78 is 17.3. The Kier molecular flexibility index (Phi) is 5.94. The second-order valence-corrected chi connectivity index (χ2v) is 9.21. The zero-order valence-corrected chi connectivity index (χ0v) is 19.6. The minimum Gasteiger partial charge on any atom is -0.481 e. The van der Waals surface area contributed by atoms with Gasteiger partial charge in [0.05, 0.1) is 19.8 Å². The number of benzene rings is 2. The lowest BCUT2D eigenvalue weighted by atomic mass is 9.97. The molecular weight excluding hydrogens is 414 g/mol. The molecule has 1 saturated heterocycles. The van der Waals surface area contributed by atoms with Crippen molar-refractivity contribution in [2.45, 2.75) is 39.3 Å². The number of hydrogen-bond acceptors (Lipinski definition) is 6. The fourth-order valence-electron chi connectivity index (χ4n) is 4.85. The lowest BCUT2D eigenvalue weighted by Gasteiger charge is -2.19. The summed E-state index contributed by atoms with van der Waals surface area (Å²) in [7, 11) is 3.27. The molecule has 2 fully saturated rings. The molecule has 1 aromatic heterocycles. The molecule has 0 radical (unpaired) electrons. The average Bonchev–Trinajstić information content (AvgIpc) is 3.49. The second-order valence-electron chi connectivity index (χ2n) is 9.21. The first-order chi connectivity index (χ1) is 16.1. The molecule has 2 aliphatic rings. The van der Waals surface area contributed by atoms with Crippen LogP contribution in [0.4, 0.5) is 0 Å². The van der Waals surface area contributed by atoms with Crippen LogP contribution in [0.15, 0.2) is 48.5 Å². The third-order valence-electron chi connectivity index (χ3n) is 7.04. The van der Waals surface area contributed by atoms with Crippen molar-refractivity contribution >= 4 is 0 Å². The van der Waals surface area contributed by atoms with Gasteiger partial charge in [-0.3, -0.25) is 4.90 Å². The van der Waals surface area contributed by atoms with E-state index in [9.17, 15) is 0 Å². The van der Waals surface area contributed by atoms with Gasteiger partial charge >= 0.3 is 6.01 Å². The van der Waals surface area contributed by atoms with E-state index in [4.69, 9.17) is 14.2 Å². The minimum atomic E-state index is 0.261. The molecule has 1 spiro atoms. The van der Waals surface area contributed by atoms with Crippen molar-refractivity contribution in [3.8, 4) is 28.9 Å². The first kappa shape index (κ1) is 21.7. The van der Waals surface area contributed by atoms with Crippen LogP contribution in [0.5, 0.6) is 17.8 Å². The summed E-state index contributed by atoms with van der Waals surface area (Å²) in [6, 6.07) is 16.9. The largest absolute Gasteiger partial charge is 0.481 e. The molecule has 6 heteroatoms. The molecule has 33 heavy (non-hydrogen) atoms. The first-order valence-electron chi connectivity index (χ1n) is 11.6. The van der Waals surface area contributed by atoms with Gasteiger partial charge in [0.15, 0.2) is 0 Å². The Balaban J connectivity index is 1.34. The van der Waals surface area contributed by atoms with Gasteiger partial charge in [-0.1, -0.05) is 48.5 Å². The fourth-order valence-corrected chi connectivity index (χ4v) is 4.85. The van der Waals surface area contributed by atoms with Crippen molar-refractivity contribution in [2.75, 3.05) is 27.3 Å². The molecule has 1 aliphatic heterocycles. The summed E-state index contributed by atoms with van der Waals surface area (Å²) in [6.45, 7) is 5.45. The van der Waals surface area contributed by atoms with Gasteiger partial charge in [-0.15, -0.1) is 0 Å². The Morgan fingerprint density at radius 1 is 0.909 bits per heavy atom. The number of nitrogens with zero attached hydrogens (tertiary/aromatic N) is 3. The highest BCUT2D eigenvalue weighted by molar-refractivity contribution is 5.68. The van der Waals surface area contributed by atoms with Gasteiger partial charge < -0.3 is 14.2 Å². The van der Waals surface area contributed by atoms with Crippen LogP contribution in [0, 0.1) is 12.3 Å². The van der Waals surface area contributed by atoms with Crippen LogP contribution in [-0.4, -0.2) is 42.2 Å².